The smallest absolute Gasteiger partial charge is 0.272 e. The van der Waals surface area contributed by atoms with Crippen molar-refractivity contribution in [3.63, 3.8) is 0 Å². The van der Waals surface area contributed by atoms with E-state index in [1.807, 2.05) is 30.3 Å². The minimum absolute atomic E-state index is 0.128. The summed E-state index contributed by atoms with van der Waals surface area (Å²) in [6.45, 7) is 0.583. The van der Waals surface area contributed by atoms with Gasteiger partial charge in [-0.3, -0.25) is 14.6 Å². The number of aromatic amines is 1. The van der Waals surface area contributed by atoms with Crippen LogP contribution in [0, 0.1) is 0 Å². The summed E-state index contributed by atoms with van der Waals surface area (Å²) in [4.78, 5) is 11.8. The highest BCUT2D eigenvalue weighted by Gasteiger charge is 2.07. The highest BCUT2D eigenvalue weighted by atomic mass is 35.5. The monoisotopic (exact) mass is 273 g/mol. The number of anilines is 1. The van der Waals surface area contributed by atoms with Crippen molar-refractivity contribution in [2.75, 3.05) is 5.73 Å². The van der Waals surface area contributed by atoms with E-state index in [1.54, 1.807) is 16.8 Å². The standard InChI is InChI=1S/C14H12ClN3O/c15-10-3-1-9(2-4-10)8-18-13-6-5-11(16)7-12(13)14(19)17-18/h1-7H,8,16H2,(H,17,19). The molecular formula is C14H12ClN3O. The van der Waals surface area contributed by atoms with Gasteiger partial charge in [-0.2, -0.15) is 0 Å². The van der Waals surface area contributed by atoms with E-state index in [-0.39, 0.29) is 5.56 Å². The van der Waals surface area contributed by atoms with Crippen molar-refractivity contribution >= 4 is 28.2 Å². The Hall–Kier alpha value is -2.20. The first-order valence-electron chi connectivity index (χ1n) is 5.86. The van der Waals surface area contributed by atoms with Crippen LogP contribution in [0.3, 0.4) is 0 Å². The number of hydrogen-bond acceptors (Lipinski definition) is 2. The summed E-state index contributed by atoms with van der Waals surface area (Å²) >= 11 is 5.85. The summed E-state index contributed by atoms with van der Waals surface area (Å²) in [7, 11) is 0. The Labute approximate surface area is 114 Å². The molecule has 1 aromatic heterocycles. The van der Waals surface area contributed by atoms with Gasteiger partial charge < -0.3 is 5.73 Å². The summed E-state index contributed by atoms with van der Waals surface area (Å²) in [5.41, 5.74) is 8.06. The van der Waals surface area contributed by atoms with Crippen LogP contribution in [-0.4, -0.2) is 9.78 Å². The Morgan fingerprint density at radius 1 is 1.16 bits per heavy atom. The number of halogens is 1. The molecule has 0 aliphatic rings. The van der Waals surface area contributed by atoms with E-state index in [9.17, 15) is 4.79 Å². The lowest BCUT2D eigenvalue weighted by Crippen LogP contribution is -2.06. The first-order valence-corrected chi connectivity index (χ1v) is 6.24. The predicted molar refractivity (Wildman–Crippen MR) is 77.5 cm³/mol. The average molecular weight is 274 g/mol. The van der Waals surface area contributed by atoms with Gasteiger partial charge >= 0.3 is 0 Å². The van der Waals surface area contributed by atoms with E-state index in [2.05, 4.69) is 5.10 Å². The fourth-order valence-corrected chi connectivity index (χ4v) is 2.24. The molecule has 4 nitrogen and oxygen atoms in total. The zero-order chi connectivity index (χ0) is 13.4. The number of fused-ring (bicyclic) bond motifs is 1. The molecule has 0 saturated heterocycles. The lowest BCUT2D eigenvalue weighted by molar-refractivity contribution is 0.703. The van der Waals surface area contributed by atoms with Gasteiger partial charge in [-0.25, -0.2) is 0 Å². The van der Waals surface area contributed by atoms with E-state index < -0.39 is 0 Å². The van der Waals surface area contributed by atoms with Crippen LogP contribution in [0.1, 0.15) is 5.56 Å². The van der Waals surface area contributed by atoms with Gasteiger partial charge in [0.05, 0.1) is 17.4 Å². The van der Waals surface area contributed by atoms with Crippen molar-refractivity contribution < 1.29 is 0 Å². The normalized spacial score (nSPS) is 11.0. The van der Waals surface area contributed by atoms with Gasteiger partial charge in [0.25, 0.3) is 5.56 Å². The fourth-order valence-electron chi connectivity index (χ4n) is 2.11. The number of benzene rings is 2. The first kappa shape index (κ1) is 11.9. The highest BCUT2D eigenvalue weighted by molar-refractivity contribution is 6.30. The van der Waals surface area contributed by atoms with Crippen LogP contribution in [0.4, 0.5) is 5.69 Å². The van der Waals surface area contributed by atoms with E-state index in [0.717, 1.165) is 11.1 Å². The lowest BCUT2D eigenvalue weighted by atomic mass is 10.2. The summed E-state index contributed by atoms with van der Waals surface area (Å²) in [6.07, 6.45) is 0. The minimum Gasteiger partial charge on any atom is -0.399 e. The van der Waals surface area contributed by atoms with Crippen LogP contribution >= 0.6 is 11.6 Å². The molecule has 0 atom stereocenters. The molecule has 0 amide bonds. The molecule has 0 fully saturated rings. The maximum absolute atomic E-state index is 11.8. The molecule has 0 spiro atoms. The van der Waals surface area contributed by atoms with Gasteiger partial charge in [0, 0.05) is 10.7 Å². The van der Waals surface area contributed by atoms with E-state index in [1.165, 1.54) is 0 Å². The third kappa shape index (κ3) is 2.22. The Bertz CT molecular complexity index is 787. The molecule has 3 rings (SSSR count). The molecule has 19 heavy (non-hydrogen) atoms. The van der Waals surface area contributed by atoms with Crippen LogP contribution in [0.25, 0.3) is 10.9 Å². The topological polar surface area (TPSA) is 63.8 Å². The number of hydrogen-bond donors (Lipinski definition) is 2. The number of nitrogens with zero attached hydrogens (tertiary/aromatic N) is 1. The number of nitrogens with one attached hydrogen (secondary N) is 1. The zero-order valence-corrected chi connectivity index (χ0v) is 10.8. The molecule has 5 heteroatoms. The molecule has 1 heterocycles. The van der Waals surface area contributed by atoms with Gasteiger partial charge in [0.15, 0.2) is 0 Å². The van der Waals surface area contributed by atoms with Crippen molar-refractivity contribution in [2.45, 2.75) is 6.54 Å². The van der Waals surface area contributed by atoms with Crippen molar-refractivity contribution in [1.29, 1.82) is 0 Å². The highest BCUT2D eigenvalue weighted by Crippen LogP contribution is 2.16. The summed E-state index contributed by atoms with van der Waals surface area (Å²) in [6, 6.07) is 12.9. The summed E-state index contributed by atoms with van der Waals surface area (Å²) in [5, 5.41) is 4.12. The van der Waals surface area contributed by atoms with Gasteiger partial charge in [-0.15, -0.1) is 0 Å². The maximum atomic E-state index is 11.8. The SMILES string of the molecule is Nc1ccc2c(c1)c(=O)[nH]n2Cc1ccc(Cl)cc1. The minimum atomic E-state index is -0.128. The molecule has 3 N–H and O–H groups in total. The molecule has 0 saturated carbocycles. The third-order valence-corrected chi connectivity index (χ3v) is 3.30. The quantitative estimate of drug-likeness (QED) is 0.705. The second kappa shape index (κ2) is 4.48. The van der Waals surface area contributed by atoms with Gasteiger partial charge in [-0.05, 0) is 35.9 Å². The second-order valence-electron chi connectivity index (χ2n) is 4.43. The van der Waals surface area contributed by atoms with E-state index in [0.29, 0.717) is 22.6 Å². The van der Waals surface area contributed by atoms with Crippen LogP contribution in [0.5, 0.6) is 0 Å². The predicted octanol–water partition coefficient (Wildman–Crippen LogP) is 2.61. The Kier molecular flexibility index (Phi) is 2.80. The van der Waals surface area contributed by atoms with Crippen molar-refractivity contribution in [2.24, 2.45) is 0 Å². The molecule has 0 unspecified atom stereocenters. The molecule has 2 aromatic carbocycles. The largest absolute Gasteiger partial charge is 0.399 e. The Morgan fingerprint density at radius 2 is 1.89 bits per heavy atom. The maximum Gasteiger partial charge on any atom is 0.272 e. The molecule has 0 bridgehead atoms. The number of aromatic nitrogens is 2. The zero-order valence-electron chi connectivity index (χ0n) is 10.1. The van der Waals surface area contributed by atoms with E-state index >= 15 is 0 Å². The second-order valence-corrected chi connectivity index (χ2v) is 4.87. The van der Waals surface area contributed by atoms with Gasteiger partial charge in [0.1, 0.15) is 0 Å². The average Bonchev–Trinajstić information content (AvgIpc) is 2.69. The lowest BCUT2D eigenvalue weighted by Gasteiger charge is -2.05. The summed E-state index contributed by atoms with van der Waals surface area (Å²) in [5.74, 6) is 0. The fraction of sp³-hybridized carbons (Fsp3) is 0.0714. The van der Waals surface area contributed by atoms with Gasteiger partial charge in [0.2, 0.25) is 0 Å². The van der Waals surface area contributed by atoms with Crippen LogP contribution < -0.4 is 11.3 Å². The summed E-state index contributed by atoms with van der Waals surface area (Å²) < 4.78 is 1.81. The first-order chi connectivity index (χ1) is 9.13. The number of H-pyrrole nitrogens is 1. The van der Waals surface area contributed by atoms with Crippen LogP contribution in [-0.2, 0) is 6.54 Å². The third-order valence-electron chi connectivity index (χ3n) is 3.05. The Balaban J connectivity index is 2.06. The molecule has 96 valence electrons. The van der Waals surface area contributed by atoms with Crippen molar-refractivity contribution in [3.05, 3.63) is 63.4 Å². The van der Waals surface area contributed by atoms with Gasteiger partial charge in [-0.1, -0.05) is 23.7 Å². The molecule has 3 aromatic rings. The van der Waals surface area contributed by atoms with E-state index in [4.69, 9.17) is 17.3 Å². The molecule has 0 radical (unpaired) electrons. The van der Waals surface area contributed by atoms with Crippen LogP contribution in [0.15, 0.2) is 47.3 Å². The van der Waals surface area contributed by atoms with Crippen molar-refractivity contribution in [3.8, 4) is 0 Å². The Morgan fingerprint density at radius 3 is 2.63 bits per heavy atom. The number of rotatable bonds is 2. The molecular weight excluding hydrogens is 262 g/mol. The van der Waals surface area contributed by atoms with Crippen molar-refractivity contribution in [1.82, 2.24) is 9.78 Å². The number of nitrogen functional groups attached to an aromatic ring is 1. The number of nitrogens with two attached hydrogens (primary N) is 1. The molecule has 0 aliphatic heterocycles. The molecule has 0 aliphatic carbocycles. The van der Waals surface area contributed by atoms with Crippen LogP contribution in [0.2, 0.25) is 5.02 Å².